The molecule has 0 amide bonds. The van der Waals surface area contributed by atoms with E-state index in [9.17, 15) is 0 Å². The number of nitrogens with zero attached hydrogens (tertiary/aromatic N) is 2. The number of aromatic nitrogens is 2. The van der Waals surface area contributed by atoms with E-state index in [1.165, 1.54) is 23.3 Å². The molecule has 2 N–H and O–H groups in total. The lowest BCUT2D eigenvalue weighted by Crippen LogP contribution is -1.96. The van der Waals surface area contributed by atoms with Gasteiger partial charge in [0.15, 0.2) is 5.82 Å². The molecule has 2 aromatic heterocycles. The van der Waals surface area contributed by atoms with Crippen LogP contribution in [0.15, 0.2) is 24.3 Å². The zero-order valence-electron chi connectivity index (χ0n) is 11.1. The van der Waals surface area contributed by atoms with Crippen molar-refractivity contribution in [3.05, 3.63) is 34.9 Å². The van der Waals surface area contributed by atoms with Crippen molar-refractivity contribution in [2.75, 3.05) is 5.73 Å². The van der Waals surface area contributed by atoms with Crippen molar-refractivity contribution in [1.29, 1.82) is 0 Å². The van der Waals surface area contributed by atoms with Crippen molar-refractivity contribution in [2.45, 2.75) is 25.8 Å². The molecular formula is C15H14ClN3S. The van der Waals surface area contributed by atoms with Gasteiger partial charge in [0.2, 0.25) is 0 Å². The van der Waals surface area contributed by atoms with Crippen LogP contribution in [0.4, 0.5) is 5.00 Å². The second kappa shape index (κ2) is 4.24. The predicted molar refractivity (Wildman–Crippen MR) is 85.5 cm³/mol. The molecule has 5 heteroatoms. The lowest BCUT2D eigenvalue weighted by atomic mass is 10.2. The molecule has 4 rings (SSSR count). The van der Waals surface area contributed by atoms with Crippen LogP contribution in [0.25, 0.3) is 21.7 Å². The quantitative estimate of drug-likeness (QED) is 0.749. The molecular weight excluding hydrogens is 290 g/mol. The van der Waals surface area contributed by atoms with Crippen LogP contribution in [0, 0.1) is 6.92 Å². The van der Waals surface area contributed by atoms with E-state index in [4.69, 9.17) is 22.3 Å². The zero-order valence-corrected chi connectivity index (χ0v) is 12.6. The van der Waals surface area contributed by atoms with E-state index >= 15 is 0 Å². The molecule has 1 aliphatic rings. The van der Waals surface area contributed by atoms with Crippen LogP contribution in [0.3, 0.4) is 0 Å². The standard InChI is InChI=1S/C15H14ClN3S/c1-8-6-13(17)20-14(8)15-18-11-5-2-9(16)7-12(11)19(15)10-3-4-10/h2,5-7,10H,3-4,17H2,1H3. The summed E-state index contributed by atoms with van der Waals surface area (Å²) in [6, 6.07) is 8.47. The summed E-state index contributed by atoms with van der Waals surface area (Å²) in [5.41, 5.74) is 9.26. The van der Waals surface area contributed by atoms with Crippen molar-refractivity contribution in [1.82, 2.24) is 9.55 Å². The molecule has 0 radical (unpaired) electrons. The first kappa shape index (κ1) is 12.2. The fourth-order valence-corrected chi connectivity index (χ4v) is 3.75. The fraction of sp³-hybridized carbons (Fsp3) is 0.267. The second-order valence-electron chi connectivity index (χ2n) is 5.33. The molecule has 1 aromatic carbocycles. The summed E-state index contributed by atoms with van der Waals surface area (Å²) in [5, 5.41) is 1.60. The summed E-state index contributed by atoms with van der Waals surface area (Å²) in [6.07, 6.45) is 2.43. The number of fused-ring (bicyclic) bond motifs is 1. The minimum Gasteiger partial charge on any atom is -0.391 e. The predicted octanol–water partition coefficient (Wildman–Crippen LogP) is 4.64. The summed E-state index contributed by atoms with van der Waals surface area (Å²) in [5.74, 6) is 1.03. The molecule has 0 aliphatic heterocycles. The highest BCUT2D eigenvalue weighted by molar-refractivity contribution is 7.19. The van der Waals surface area contributed by atoms with E-state index in [0.29, 0.717) is 6.04 Å². The van der Waals surface area contributed by atoms with Crippen LogP contribution in [-0.4, -0.2) is 9.55 Å². The van der Waals surface area contributed by atoms with Gasteiger partial charge in [-0.3, -0.25) is 0 Å². The number of thiophene rings is 1. The third-order valence-corrected chi connectivity index (χ3v) is 5.00. The maximum atomic E-state index is 6.15. The molecule has 1 fully saturated rings. The van der Waals surface area contributed by atoms with Crippen LogP contribution in [0.1, 0.15) is 24.4 Å². The molecule has 102 valence electrons. The number of aryl methyl sites for hydroxylation is 1. The summed E-state index contributed by atoms with van der Waals surface area (Å²) < 4.78 is 2.33. The first-order chi connectivity index (χ1) is 9.63. The van der Waals surface area contributed by atoms with Gasteiger partial charge in [0.05, 0.1) is 20.9 Å². The Kier molecular flexibility index (Phi) is 2.59. The minimum atomic E-state index is 0.552. The SMILES string of the molecule is Cc1cc(N)sc1-c1nc2ccc(Cl)cc2n1C1CC1. The lowest BCUT2D eigenvalue weighted by Gasteiger charge is -2.07. The molecule has 0 bridgehead atoms. The third-order valence-electron chi connectivity index (χ3n) is 3.70. The van der Waals surface area contributed by atoms with Gasteiger partial charge in [-0.05, 0) is 49.6 Å². The van der Waals surface area contributed by atoms with Crippen LogP contribution < -0.4 is 5.73 Å². The molecule has 3 aromatic rings. The van der Waals surface area contributed by atoms with Gasteiger partial charge in [0.25, 0.3) is 0 Å². The van der Waals surface area contributed by atoms with E-state index in [-0.39, 0.29) is 0 Å². The van der Waals surface area contributed by atoms with Crippen LogP contribution in [0.2, 0.25) is 5.02 Å². The topological polar surface area (TPSA) is 43.8 Å². The van der Waals surface area contributed by atoms with Crippen molar-refractivity contribution < 1.29 is 0 Å². The molecule has 1 saturated carbocycles. The number of nitrogen functional groups attached to an aromatic ring is 1. The first-order valence-electron chi connectivity index (χ1n) is 6.67. The van der Waals surface area contributed by atoms with Gasteiger partial charge in [-0.2, -0.15) is 0 Å². The van der Waals surface area contributed by atoms with E-state index in [1.807, 2.05) is 24.3 Å². The van der Waals surface area contributed by atoms with Crippen LogP contribution in [0.5, 0.6) is 0 Å². The largest absolute Gasteiger partial charge is 0.391 e. The maximum Gasteiger partial charge on any atom is 0.151 e. The average Bonchev–Trinajstić information content (AvgIpc) is 3.08. The number of anilines is 1. The molecule has 2 heterocycles. The monoisotopic (exact) mass is 303 g/mol. The van der Waals surface area contributed by atoms with Gasteiger partial charge in [-0.15, -0.1) is 11.3 Å². The first-order valence-corrected chi connectivity index (χ1v) is 7.86. The van der Waals surface area contributed by atoms with Crippen molar-refractivity contribution in [3.8, 4) is 10.7 Å². The smallest absolute Gasteiger partial charge is 0.151 e. The average molecular weight is 304 g/mol. The molecule has 3 nitrogen and oxygen atoms in total. The molecule has 0 spiro atoms. The highest BCUT2D eigenvalue weighted by Crippen LogP contribution is 2.44. The van der Waals surface area contributed by atoms with Crippen LogP contribution >= 0.6 is 22.9 Å². The van der Waals surface area contributed by atoms with Crippen molar-refractivity contribution in [3.63, 3.8) is 0 Å². The third kappa shape index (κ3) is 1.83. The van der Waals surface area contributed by atoms with Crippen LogP contribution in [-0.2, 0) is 0 Å². The summed E-state index contributed by atoms with van der Waals surface area (Å²) in [4.78, 5) is 5.99. The normalized spacial score (nSPS) is 15.1. The summed E-state index contributed by atoms with van der Waals surface area (Å²) in [7, 11) is 0. The number of imidazole rings is 1. The molecule has 20 heavy (non-hydrogen) atoms. The Labute approximate surface area is 126 Å². The Morgan fingerprint density at radius 2 is 2.15 bits per heavy atom. The Hall–Kier alpha value is -1.52. The Balaban J connectivity index is 2.03. The van der Waals surface area contributed by atoms with Gasteiger partial charge in [0, 0.05) is 11.1 Å². The highest BCUT2D eigenvalue weighted by Gasteiger charge is 2.29. The molecule has 0 saturated heterocycles. The number of benzene rings is 1. The van der Waals surface area contributed by atoms with Gasteiger partial charge < -0.3 is 10.3 Å². The maximum absolute atomic E-state index is 6.15. The van der Waals surface area contributed by atoms with Crippen molar-refractivity contribution >= 4 is 39.0 Å². The van der Waals surface area contributed by atoms with Crippen molar-refractivity contribution in [2.24, 2.45) is 0 Å². The Morgan fingerprint density at radius 3 is 2.80 bits per heavy atom. The molecule has 0 atom stereocenters. The second-order valence-corrected chi connectivity index (χ2v) is 6.85. The van der Waals surface area contributed by atoms with E-state index < -0.39 is 0 Å². The number of hydrogen-bond acceptors (Lipinski definition) is 3. The number of nitrogens with two attached hydrogens (primary N) is 1. The number of halogens is 1. The lowest BCUT2D eigenvalue weighted by molar-refractivity contribution is 0.776. The van der Waals surface area contributed by atoms with Gasteiger partial charge >= 0.3 is 0 Å². The number of hydrogen-bond donors (Lipinski definition) is 1. The van der Waals surface area contributed by atoms with Gasteiger partial charge in [-0.25, -0.2) is 4.98 Å². The molecule has 1 aliphatic carbocycles. The number of rotatable bonds is 2. The Morgan fingerprint density at radius 1 is 1.35 bits per heavy atom. The van der Waals surface area contributed by atoms with E-state index in [2.05, 4.69) is 11.5 Å². The summed E-state index contributed by atoms with van der Waals surface area (Å²) in [6.45, 7) is 2.09. The van der Waals surface area contributed by atoms with E-state index in [0.717, 1.165) is 26.9 Å². The fourth-order valence-electron chi connectivity index (χ4n) is 2.66. The van der Waals surface area contributed by atoms with Gasteiger partial charge in [-0.1, -0.05) is 11.6 Å². The molecule has 0 unspecified atom stereocenters. The highest BCUT2D eigenvalue weighted by atomic mass is 35.5. The zero-order chi connectivity index (χ0) is 13.9. The Bertz CT molecular complexity index is 814. The minimum absolute atomic E-state index is 0.552. The van der Waals surface area contributed by atoms with E-state index in [1.54, 1.807) is 11.3 Å². The summed E-state index contributed by atoms with van der Waals surface area (Å²) >= 11 is 7.76. The van der Waals surface area contributed by atoms with Gasteiger partial charge in [0.1, 0.15) is 0 Å².